The Morgan fingerprint density at radius 2 is 0.889 bits per heavy atom. The Morgan fingerprint density at radius 3 is 1.29 bits per heavy atom. The molecule has 0 aliphatic carbocycles. The number of hydrogen-bond donors (Lipinski definition) is 0. The Labute approximate surface area is 277 Å². The van der Waals surface area contributed by atoms with E-state index in [0.29, 0.717) is 11.8 Å². The first kappa shape index (κ1) is 29.9. The van der Waals surface area contributed by atoms with Gasteiger partial charge in [0.1, 0.15) is 22.1 Å². The van der Waals surface area contributed by atoms with Crippen LogP contribution in [-0.2, 0) is 12.8 Å². The summed E-state index contributed by atoms with van der Waals surface area (Å²) in [6.45, 7) is 9.12. The number of fused-ring (bicyclic) bond motifs is 2. The molecule has 226 valence electrons. The molecule has 0 N–H and O–H groups in total. The van der Waals surface area contributed by atoms with E-state index in [1.54, 1.807) is 35.1 Å². The molecule has 0 aliphatic heterocycles. The predicted octanol–water partition coefficient (Wildman–Crippen LogP) is 11.6. The summed E-state index contributed by atoms with van der Waals surface area (Å²) in [5, 5.41) is 0. The highest BCUT2D eigenvalue weighted by molar-refractivity contribution is 7.19. The van der Waals surface area contributed by atoms with Crippen LogP contribution < -0.4 is 0 Å². The third-order valence-electron chi connectivity index (χ3n) is 8.34. The molecule has 45 heavy (non-hydrogen) atoms. The second kappa shape index (κ2) is 12.9. The number of benzene rings is 3. The molecule has 0 saturated heterocycles. The fourth-order valence-corrected chi connectivity index (χ4v) is 8.42. The minimum absolute atomic E-state index is 0.712. The molecular formula is C38H36N4S3. The van der Waals surface area contributed by atoms with Gasteiger partial charge in [-0.15, -0.1) is 22.7 Å². The van der Waals surface area contributed by atoms with Crippen LogP contribution in [0.2, 0.25) is 0 Å². The van der Waals surface area contributed by atoms with Crippen LogP contribution in [0, 0.1) is 11.8 Å². The van der Waals surface area contributed by atoms with Gasteiger partial charge in [-0.1, -0.05) is 76.2 Å². The number of aryl methyl sites for hydroxylation is 2. The van der Waals surface area contributed by atoms with E-state index in [9.17, 15) is 0 Å². The van der Waals surface area contributed by atoms with Gasteiger partial charge in [0.15, 0.2) is 0 Å². The van der Waals surface area contributed by atoms with Crippen molar-refractivity contribution in [2.45, 2.75) is 53.4 Å². The van der Waals surface area contributed by atoms with Gasteiger partial charge in [-0.05, 0) is 84.0 Å². The number of rotatable bonds is 10. The van der Waals surface area contributed by atoms with Gasteiger partial charge >= 0.3 is 0 Å². The van der Waals surface area contributed by atoms with Gasteiger partial charge in [-0.3, -0.25) is 9.97 Å². The molecule has 0 atom stereocenters. The topological polar surface area (TPSA) is 51.6 Å². The van der Waals surface area contributed by atoms with Crippen LogP contribution in [0.4, 0.5) is 0 Å². The molecule has 0 unspecified atom stereocenters. The molecule has 7 aromatic rings. The van der Waals surface area contributed by atoms with Crippen LogP contribution in [0.25, 0.3) is 63.8 Å². The monoisotopic (exact) mass is 644 g/mol. The van der Waals surface area contributed by atoms with Crippen molar-refractivity contribution in [3.8, 4) is 41.8 Å². The number of thiophene rings is 2. The van der Waals surface area contributed by atoms with E-state index < -0.39 is 0 Å². The van der Waals surface area contributed by atoms with Crippen LogP contribution in [0.1, 0.15) is 51.7 Å². The second-order valence-electron chi connectivity index (χ2n) is 12.6. The van der Waals surface area contributed by atoms with E-state index >= 15 is 0 Å². The summed E-state index contributed by atoms with van der Waals surface area (Å²) in [7, 11) is 0. The van der Waals surface area contributed by atoms with E-state index in [4.69, 9.17) is 18.7 Å². The standard InChI is InChI=1S/C38H36N4S3/c1-23(2)5-7-25-9-13-27(14-10-25)29-17-19-31(43-29)33-35-36(40-22-21-39-35)34(38-37(33)41-45-42-38)32-20-18-30(44-32)28-15-11-26(12-16-28)8-6-24(3)4/h9-24H,5-8H2,1-4H3. The average Bonchev–Trinajstić information content (AvgIpc) is 3.84. The molecule has 0 bridgehead atoms. The van der Waals surface area contributed by atoms with Crippen molar-refractivity contribution in [2.24, 2.45) is 11.8 Å². The first-order valence-electron chi connectivity index (χ1n) is 15.7. The Hall–Kier alpha value is -3.78. The zero-order valence-corrected chi connectivity index (χ0v) is 28.5. The van der Waals surface area contributed by atoms with Crippen molar-refractivity contribution < 1.29 is 0 Å². The quantitative estimate of drug-likeness (QED) is 0.149. The highest BCUT2D eigenvalue weighted by Gasteiger charge is 2.23. The third kappa shape index (κ3) is 6.22. The zero-order valence-electron chi connectivity index (χ0n) is 26.1. The molecule has 0 aliphatic rings. The maximum absolute atomic E-state index is 4.89. The molecule has 0 spiro atoms. The highest BCUT2D eigenvalue weighted by Crippen LogP contribution is 2.46. The fraction of sp³-hybridized carbons (Fsp3) is 0.263. The molecule has 0 saturated carbocycles. The van der Waals surface area contributed by atoms with Gasteiger partial charge in [0.25, 0.3) is 0 Å². The average molecular weight is 645 g/mol. The summed E-state index contributed by atoms with van der Waals surface area (Å²) in [5.74, 6) is 1.42. The summed E-state index contributed by atoms with van der Waals surface area (Å²) >= 11 is 4.81. The molecule has 0 radical (unpaired) electrons. The molecule has 7 heteroatoms. The van der Waals surface area contributed by atoms with Crippen LogP contribution in [-0.4, -0.2) is 18.7 Å². The normalized spacial score (nSPS) is 11.9. The van der Waals surface area contributed by atoms with Gasteiger partial charge < -0.3 is 0 Å². The second-order valence-corrected chi connectivity index (χ2v) is 15.2. The van der Waals surface area contributed by atoms with Crippen LogP contribution in [0.15, 0.2) is 85.2 Å². The Bertz CT molecular complexity index is 1920. The van der Waals surface area contributed by atoms with Gasteiger partial charge in [0, 0.05) is 43.0 Å². The highest BCUT2D eigenvalue weighted by atomic mass is 32.1. The van der Waals surface area contributed by atoms with E-state index in [1.807, 2.05) is 0 Å². The fourth-order valence-electron chi connectivity index (χ4n) is 5.75. The minimum atomic E-state index is 0.712. The molecule has 4 aromatic heterocycles. The maximum Gasteiger partial charge on any atom is 0.116 e. The number of nitrogens with zero attached hydrogens (tertiary/aromatic N) is 4. The van der Waals surface area contributed by atoms with Gasteiger partial charge in [-0.2, -0.15) is 8.75 Å². The van der Waals surface area contributed by atoms with Gasteiger partial charge in [-0.25, -0.2) is 0 Å². The SMILES string of the molecule is CC(C)CCc1ccc(-c2ccc(-c3c4nccnc4c(-c4ccc(-c5ccc(CCC(C)C)cc5)s4)c4nsnc34)s2)cc1. The van der Waals surface area contributed by atoms with Crippen molar-refractivity contribution >= 4 is 56.5 Å². The van der Waals surface area contributed by atoms with Gasteiger partial charge in [0.05, 0.1) is 11.7 Å². The molecule has 7 rings (SSSR count). The molecule has 4 nitrogen and oxygen atoms in total. The molecular weight excluding hydrogens is 609 g/mol. The predicted molar refractivity (Wildman–Crippen MR) is 194 cm³/mol. The summed E-state index contributed by atoms with van der Waals surface area (Å²) in [5.41, 5.74) is 10.8. The van der Waals surface area contributed by atoms with Crippen LogP contribution >= 0.6 is 34.4 Å². The molecule has 0 amide bonds. The third-order valence-corrected chi connectivity index (χ3v) is 11.2. The van der Waals surface area contributed by atoms with Crippen LogP contribution in [0.3, 0.4) is 0 Å². The van der Waals surface area contributed by atoms with Crippen molar-refractivity contribution in [3.63, 3.8) is 0 Å². The Morgan fingerprint density at radius 1 is 0.489 bits per heavy atom. The molecule has 4 heterocycles. The lowest BCUT2D eigenvalue weighted by Gasteiger charge is -2.09. The minimum Gasteiger partial charge on any atom is -0.252 e. The first-order chi connectivity index (χ1) is 21.9. The molecule has 3 aromatic carbocycles. The summed E-state index contributed by atoms with van der Waals surface area (Å²) in [6.07, 6.45) is 8.23. The van der Waals surface area contributed by atoms with Crippen molar-refractivity contribution in [2.75, 3.05) is 0 Å². The lowest BCUT2D eigenvalue weighted by Crippen LogP contribution is -1.92. The van der Waals surface area contributed by atoms with Crippen molar-refractivity contribution in [1.82, 2.24) is 18.7 Å². The smallest absolute Gasteiger partial charge is 0.116 e. The largest absolute Gasteiger partial charge is 0.252 e. The van der Waals surface area contributed by atoms with E-state index in [-0.39, 0.29) is 0 Å². The van der Waals surface area contributed by atoms with Crippen LogP contribution in [0.5, 0.6) is 0 Å². The van der Waals surface area contributed by atoms with Crippen molar-refractivity contribution in [3.05, 3.63) is 96.3 Å². The lowest BCUT2D eigenvalue weighted by atomic mass is 10.0. The van der Waals surface area contributed by atoms with Crippen molar-refractivity contribution in [1.29, 1.82) is 0 Å². The Balaban J connectivity index is 1.25. The number of hydrogen-bond acceptors (Lipinski definition) is 7. The molecule has 0 fully saturated rings. The first-order valence-corrected chi connectivity index (χ1v) is 18.1. The zero-order chi connectivity index (χ0) is 30.9. The summed E-state index contributed by atoms with van der Waals surface area (Å²) in [4.78, 5) is 14.5. The van der Waals surface area contributed by atoms with E-state index in [2.05, 4.69) is 100 Å². The Kier molecular flexibility index (Phi) is 8.58. The maximum atomic E-state index is 4.89. The van der Waals surface area contributed by atoms with E-state index in [0.717, 1.165) is 55.8 Å². The number of aromatic nitrogens is 4. The lowest BCUT2D eigenvalue weighted by molar-refractivity contribution is 0.586. The van der Waals surface area contributed by atoms with Gasteiger partial charge in [0.2, 0.25) is 0 Å². The summed E-state index contributed by atoms with van der Waals surface area (Å²) < 4.78 is 9.68. The summed E-state index contributed by atoms with van der Waals surface area (Å²) in [6, 6.07) is 26.9. The van der Waals surface area contributed by atoms with E-state index in [1.165, 1.54) is 56.6 Å².